The van der Waals surface area contributed by atoms with E-state index >= 15 is 0 Å². The Hall–Kier alpha value is -1.35. The first-order valence-corrected chi connectivity index (χ1v) is 4.45. The first kappa shape index (κ1) is 10.7. The van der Waals surface area contributed by atoms with E-state index in [1.54, 1.807) is 7.11 Å². The third-order valence-electron chi connectivity index (χ3n) is 1.95. The first-order valence-electron chi connectivity index (χ1n) is 4.45. The van der Waals surface area contributed by atoms with Gasteiger partial charge in [-0.3, -0.25) is 0 Å². The summed E-state index contributed by atoms with van der Waals surface area (Å²) in [6, 6.07) is 7.41. The van der Waals surface area contributed by atoms with Crippen LogP contribution in [0.15, 0.2) is 24.3 Å². The highest BCUT2D eigenvalue weighted by atomic mass is 16.7. The van der Waals surface area contributed by atoms with Crippen LogP contribution < -0.4 is 4.74 Å². The van der Waals surface area contributed by atoms with Crippen LogP contribution in [0.1, 0.15) is 18.4 Å². The van der Waals surface area contributed by atoms with E-state index in [1.165, 1.54) is 0 Å². The van der Waals surface area contributed by atoms with Crippen LogP contribution in [-0.4, -0.2) is 20.2 Å². The quantitative estimate of drug-likeness (QED) is 0.531. The van der Waals surface area contributed by atoms with Crippen molar-refractivity contribution in [3.05, 3.63) is 29.8 Å². The maximum atomic E-state index is 10.5. The van der Waals surface area contributed by atoms with Gasteiger partial charge < -0.3 is 14.3 Å². The summed E-state index contributed by atoms with van der Waals surface area (Å²) in [5.74, 6) is 0.681. The molecule has 0 bridgehead atoms. The van der Waals surface area contributed by atoms with E-state index < -0.39 is 0 Å². The summed E-state index contributed by atoms with van der Waals surface area (Å²) in [6.07, 6.45) is 0.922. The Morgan fingerprint density at radius 3 is 2.50 bits per heavy atom. The summed E-state index contributed by atoms with van der Waals surface area (Å²) in [7, 11) is 1.57. The molecule has 3 heteroatoms. The number of hydrogen-bond donors (Lipinski definition) is 0. The number of carbonyl (C=O) groups is 1. The fourth-order valence-corrected chi connectivity index (χ4v) is 1.07. The van der Waals surface area contributed by atoms with Gasteiger partial charge in [0.15, 0.2) is 6.79 Å². The fraction of sp³-hybridized carbons (Fsp3) is 0.364. The molecule has 0 amide bonds. The van der Waals surface area contributed by atoms with Crippen LogP contribution in [0.2, 0.25) is 0 Å². The van der Waals surface area contributed by atoms with Crippen LogP contribution in [0.4, 0.5) is 0 Å². The van der Waals surface area contributed by atoms with Gasteiger partial charge in [-0.05, 0) is 17.7 Å². The highest BCUT2D eigenvalue weighted by molar-refractivity contribution is 5.61. The van der Waals surface area contributed by atoms with E-state index in [1.807, 2.05) is 31.2 Å². The van der Waals surface area contributed by atoms with Gasteiger partial charge in [0.05, 0.1) is 0 Å². The molecule has 0 heterocycles. The number of benzene rings is 1. The maximum absolute atomic E-state index is 10.5. The van der Waals surface area contributed by atoms with Crippen molar-refractivity contribution in [1.82, 2.24) is 0 Å². The van der Waals surface area contributed by atoms with Crippen molar-refractivity contribution in [2.24, 2.45) is 0 Å². The first-order chi connectivity index (χ1) is 6.77. The average molecular weight is 194 g/mol. The third kappa shape index (κ3) is 2.85. The Morgan fingerprint density at radius 1 is 1.36 bits per heavy atom. The molecule has 0 saturated carbocycles. The topological polar surface area (TPSA) is 35.5 Å². The number of ether oxygens (including phenoxy) is 2. The molecule has 1 rings (SSSR count). The molecular formula is C11H14O3. The molecule has 0 aliphatic carbocycles. The van der Waals surface area contributed by atoms with Crippen molar-refractivity contribution >= 4 is 6.29 Å². The lowest BCUT2D eigenvalue weighted by molar-refractivity contribution is -0.108. The van der Waals surface area contributed by atoms with Crippen molar-refractivity contribution < 1.29 is 14.3 Å². The zero-order chi connectivity index (χ0) is 10.4. The molecule has 0 radical (unpaired) electrons. The summed E-state index contributed by atoms with van der Waals surface area (Å²) in [5, 5.41) is 0. The normalized spacial score (nSPS) is 12.1. The summed E-state index contributed by atoms with van der Waals surface area (Å²) < 4.78 is 9.98. The van der Waals surface area contributed by atoms with Crippen molar-refractivity contribution in [3.63, 3.8) is 0 Å². The molecule has 0 N–H and O–H groups in total. The van der Waals surface area contributed by atoms with Crippen LogP contribution in [-0.2, 0) is 9.53 Å². The molecule has 1 aromatic carbocycles. The monoisotopic (exact) mass is 194 g/mol. The van der Waals surface area contributed by atoms with E-state index in [9.17, 15) is 4.79 Å². The number of aldehydes is 1. The summed E-state index contributed by atoms with van der Waals surface area (Å²) in [5.41, 5.74) is 0.991. The minimum Gasteiger partial charge on any atom is -0.468 e. The standard InChI is InChI=1S/C11H14O3/c1-9(7-12)10-3-5-11(6-4-10)14-8-13-2/h3-7,9H,8H2,1-2H3. The average Bonchev–Trinajstić information content (AvgIpc) is 2.26. The number of carbonyl (C=O) groups excluding carboxylic acids is 1. The smallest absolute Gasteiger partial charge is 0.188 e. The lowest BCUT2D eigenvalue weighted by Crippen LogP contribution is -1.99. The van der Waals surface area contributed by atoms with Crippen LogP contribution in [0.3, 0.4) is 0 Å². The largest absolute Gasteiger partial charge is 0.468 e. The Labute approximate surface area is 83.6 Å². The molecule has 3 nitrogen and oxygen atoms in total. The maximum Gasteiger partial charge on any atom is 0.188 e. The zero-order valence-electron chi connectivity index (χ0n) is 8.40. The molecule has 0 spiro atoms. The summed E-state index contributed by atoms with van der Waals surface area (Å²) in [4.78, 5) is 10.5. The predicted octanol–water partition coefficient (Wildman–Crippen LogP) is 1.97. The van der Waals surface area contributed by atoms with Gasteiger partial charge >= 0.3 is 0 Å². The molecule has 0 saturated heterocycles. The van der Waals surface area contributed by atoms with E-state index in [-0.39, 0.29) is 12.7 Å². The molecule has 0 aliphatic heterocycles. The van der Waals surface area contributed by atoms with E-state index in [0.29, 0.717) is 0 Å². The second-order valence-electron chi connectivity index (χ2n) is 3.04. The SMILES string of the molecule is COCOc1ccc(C(C)C=O)cc1. The Balaban J connectivity index is 2.63. The Morgan fingerprint density at radius 2 is 2.00 bits per heavy atom. The summed E-state index contributed by atoms with van der Waals surface area (Å²) in [6.45, 7) is 2.10. The van der Waals surface area contributed by atoms with Gasteiger partial charge in [-0.2, -0.15) is 0 Å². The van der Waals surface area contributed by atoms with E-state index in [4.69, 9.17) is 9.47 Å². The van der Waals surface area contributed by atoms with Gasteiger partial charge in [-0.1, -0.05) is 19.1 Å². The molecule has 1 aromatic rings. The van der Waals surface area contributed by atoms with Gasteiger partial charge in [0.25, 0.3) is 0 Å². The van der Waals surface area contributed by atoms with E-state index in [0.717, 1.165) is 17.6 Å². The lowest BCUT2D eigenvalue weighted by atomic mass is 10.0. The van der Waals surface area contributed by atoms with Crippen LogP contribution >= 0.6 is 0 Å². The molecular weight excluding hydrogens is 180 g/mol. The number of rotatable bonds is 5. The van der Waals surface area contributed by atoms with Crippen molar-refractivity contribution in [1.29, 1.82) is 0 Å². The molecule has 0 aromatic heterocycles. The molecule has 1 atom stereocenters. The molecule has 0 fully saturated rings. The highest BCUT2D eigenvalue weighted by Crippen LogP contribution is 2.17. The minimum absolute atomic E-state index is 0.0634. The number of hydrogen-bond acceptors (Lipinski definition) is 3. The second-order valence-corrected chi connectivity index (χ2v) is 3.04. The Bertz CT molecular complexity index is 279. The Kier molecular flexibility index (Phi) is 4.13. The van der Waals surface area contributed by atoms with Crippen LogP contribution in [0.25, 0.3) is 0 Å². The van der Waals surface area contributed by atoms with Gasteiger partial charge in [0, 0.05) is 13.0 Å². The van der Waals surface area contributed by atoms with Crippen molar-refractivity contribution in [2.45, 2.75) is 12.8 Å². The van der Waals surface area contributed by atoms with Crippen LogP contribution in [0.5, 0.6) is 5.75 Å². The summed E-state index contributed by atoms with van der Waals surface area (Å²) >= 11 is 0. The predicted molar refractivity (Wildman–Crippen MR) is 53.4 cm³/mol. The highest BCUT2D eigenvalue weighted by Gasteiger charge is 2.02. The van der Waals surface area contributed by atoms with E-state index in [2.05, 4.69) is 0 Å². The fourth-order valence-electron chi connectivity index (χ4n) is 1.07. The molecule has 1 unspecified atom stereocenters. The second kappa shape index (κ2) is 5.40. The lowest BCUT2D eigenvalue weighted by Gasteiger charge is -2.07. The minimum atomic E-state index is -0.0634. The van der Waals surface area contributed by atoms with Crippen LogP contribution in [0, 0.1) is 0 Å². The van der Waals surface area contributed by atoms with Gasteiger partial charge in [0.1, 0.15) is 12.0 Å². The van der Waals surface area contributed by atoms with Gasteiger partial charge in [-0.15, -0.1) is 0 Å². The third-order valence-corrected chi connectivity index (χ3v) is 1.95. The number of methoxy groups -OCH3 is 1. The molecule has 14 heavy (non-hydrogen) atoms. The van der Waals surface area contributed by atoms with Crippen molar-refractivity contribution in [3.8, 4) is 5.75 Å². The van der Waals surface area contributed by atoms with Crippen molar-refractivity contribution in [2.75, 3.05) is 13.9 Å². The molecule has 76 valence electrons. The zero-order valence-corrected chi connectivity index (χ0v) is 8.40. The van der Waals surface area contributed by atoms with Gasteiger partial charge in [-0.25, -0.2) is 0 Å². The van der Waals surface area contributed by atoms with Gasteiger partial charge in [0.2, 0.25) is 0 Å². The molecule has 0 aliphatic rings.